The second kappa shape index (κ2) is 12.4. The predicted octanol–water partition coefficient (Wildman–Crippen LogP) is 1.11. The summed E-state index contributed by atoms with van der Waals surface area (Å²) in [5.74, 6) is -0.516. The smallest absolute Gasteiger partial charge is 0.239 e. The number of aliphatic hydroxyl groups is 1. The fourth-order valence-corrected chi connectivity index (χ4v) is 5.21. The van der Waals surface area contributed by atoms with Crippen molar-refractivity contribution < 1.29 is 14.7 Å². The molecule has 1 unspecified atom stereocenters. The number of pyridine rings is 1. The van der Waals surface area contributed by atoms with E-state index in [1.165, 1.54) is 0 Å². The minimum Gasteiger partial charge on any atom is -0.394 e. The lowest BCUT2D eigenvalue weighted by atomic mass is 9.99. The Morgan fingerprint density at radius 3 is 2.39 bits per heavy atom. The molecule has 0 bridgehead atoms. The molecule has 1 fully saturated rings. The van der Waals surface area contributed by atoms with Gasteiger partial charge in [0, 0.05) is 19.1 Å². The van der Waals surface area contributed by atoms with Gasteiger partial charge in [-0.25, -0.2) is 4.98 Å². The zero-order valence-corrected chi connectivity index (χ0v) is 20.8. The number of thioether (sulfide) groups is 1. The number of nitrogens with zero attached hydrogens (tertiary/aromatic N) is 4. The number of benzene rings is 1. The van der Waals surface area contributed by atoms with E-state index in [1.807, 2.05) is 30.0 Å². The molecule has 0 radical (unpaired) electrons. The zero-order valence-electron chi connectivity index (χ0n) is 20.0. The zero-order chi connectivity index (χ0) is 26.2. The van der Waals surface area contributed by atoms with Crippen LogP contribution in [0.15, 0.2) is 35.4 Å². The van der Waals surface area contributed by atoms with Crippen LogP contribution in [-0.2, 0) is 16.0 Å². The highest BCUT2D eigenvalue weighted by molar-refractivity contribution is 8.00. The average molecular weight is 508 g/mol. The first-order valence-electron chi connectivity index (χ1n) is 11.6. The summed E-state index contributed by atoms with van der Waals surface area (Å²) in [5.41, 5.74) is 13.2. The lowest BCUT2D eigenvalue weighted by molar-refractivity contribution is -0.124. The van der Waals surface area contributed by atoms with Crippen molar-refractivity contribution >= 4 is 29.4 Å². The van der Waals surface area contributed by atoms with Crippen molar-refractivity contribution in [2.45, 2.75) is 48.5 Å². The Kier molecular flexibility index (Phi) is 9.25. The van der Waals surface area contributed by atoms with Gasteiger partial charge in [0.05, 0.1) is 17.7 Å². The van der Waals surface area contributed by atoms with Gasteiger partial charge in [-0.15, -0.1) is 0 Å². The Bertz CT molecular complexity index is 1180. The number of hydrogen-bond donors (Lipinski definition) is 4. The standard InChI is InChI=1S/C25H29N7O3S/c1-2-17-18(12-26)23(32-10-8-16(9-11-32)30-24(35)20(28)14-33)31-25(19(17)13-27)36-21(22(29)34)15-6-4-3-5-7-15/h3-7,16,20-21,33H,2,8-11,14,28H2,1H3,(H2,29,34)(H,30,35)/t20-,21?/m1/s1. The summed E-state index contributed by atoms with van der Waals surface area (Å²) >= 11 is 1.10. The molecule has 2 aromatic rings. The number of carbonyl (C=O) groups excluding carboxylic acids is 2. The molecule has 3 rings (SSSR count). The maximum absolute atomic E-state index is 12.3. The molecular formula is C25H29N7O3S. The summed E-state index contributed by atoms with van der Waals surface area (Å²) in [5, 5.41) is 31.4. The minimum atomic E-state index is -0.970. The van der Waals surface area contributed by atoms with Crippen molar-refractivity contribution in [3.63, 3.8) is 0 Å². The third kappa shape index (κ3) is 5.94. The number of aliphatic hydroxyl groups excluding tert-OH is 1. The van der Waals surface area contributed by atoms with Gasteiger partial charge in [-0.1, -0.05) is 49.0 Å². The monoisotopic (exact) mass is 507 g/mol. The quantitative estimate of drug-likeness (QED) is 0.361. The molecule has 188 valence electrons. The van der Waals surface area contributed by atoms with E-state index in [-0.39, 0.29) is 11.6 Å². The lowest BCUT2D eigenvalue weighted by Gasteiger charge is -2.34. The third-order valence-corrected chi connectivity index (χ3v) is 7.35. The summed E-state index contributed by atoms with van der Waals surface area (Å²) < 4.78 is 0. The van der Waals surface area contributed by atoms with Crippen molar-refractivity contribution in [3.05, 3.63) is 52.6 Å². The van der Waals surface area contributed by atoms with E-state index in [1.54, 1.807) is 12.1 Å². The minimum absolute atomic E-state index is 0.118. The molecule has 1 saturated heterocycles. The van der Waals surface area contributed by atoms with Crippen LogP contribution >= 0.6 is 11.8 Å². The molecule has 10 nitrogen and oxygen atoms in total. The molecule has 2 amide bonds. The van der Waals surface area contributed by atoms with Crippen molar-refractivity contribution in [2.24, 2.45) is 11.5 Å². The van der Waals surface area contributed by atoms with Crippen LogP contribution in [-0.4, -0.2) is 53.7 Å². The predicted molar refractivity (Wildman–Crippen MR) is 136 cm³/mol. The van der Waals surface area contributed by atoms with E-state index >= 15 is 0 Å². The van der Waals surface area contributed by atoms with E-state index < -0.39 is 29.7 Å². The van der Waals surface area contributed by atoms with Gasteiger partial charge in [0.2, 0.25) is 11.8 Å². The maximum Gasteiger partial charge on any atom is 0.239 e. The van der Waals surface area contributed by atoms with Gasteiger partial charge in [0.1, 0.15) is 34.3 Å². The number of anilines is 1. The van der Waals surface area contributed by atoms with E-state index in [0.29, 0.717) is 59.9 Å². The molecule has 36 heavy (non-hydrogen) atoms. The Labute approximate surface area is 214 Å². The van der Waals surface area contributed by atoms with Gasteiger partial charge < -0.3 is 26.8 Å². The van der Waals surface area contributed by atoms with Gasteiger partial charge in [-0.2, -0.15) is 10.5 Å². The number of primary amides is 1. The van der Waals surface area contributed by atoms with Crippen LogP contribution in [0.1, 0.15) is 47.3 Å². The molecule has 6 N–H and O–H groups in total. The number of nitriles is 2. The molecule has 11 heteroatoms. The Morgan fingerprint density at radius 2 is 1.86 bits per heavy atom. The van der Waals surface area contributed by atoms with Gasteiger partial charge in [0.25, 0.3) is 0 Å². The third-order valence-electron chi connectivity index (χ3n) is 6.09. The van der Waals surface area contributed by atoms with Crippen LogP contribution in [0.5, 0.6) is 0 Å². The van der Waals surface area contributed by atoms with Crippen LogP contribution < -0.4 is 21.7 Å². The Morgan fingerprint density at radius 1 is 1.22 bits per heavy atom. The number of amides is 2. The highest BCUT2D eigenvalue weighted by Crippen LogP contribution is 2.39. The molecule has 0 spiro atoms. The molecule has 0 saturated carbocycles. The summed E-state index contributed by atoms with van der Waals surface area (Å²) in [6.07, 6.45) is 1.62. The average Bonchev–Trinajstić information content (AvgIpc) is 2.90. The van der Waals surface area contributed by atoms with Crippen LogP contribution in [0, 0.1) is 22.7 Å². The van der Waals surface area contributed by atoms with E-state index in [9.17, 15) is 20.1 Å². The molecule has 1 aromatic heterocycles. The van der Waals surface area contributed by atoms with E-state index in [0.717, 1.165) is 11.8 Å². The van der Waals surface area contributed by atoms with Crippen molar-refractivity contribution in [3.8, 4) is 12.1 Å². The highest BCUT2D eigenvalue weighted by atomic mass is 32.2. The Hall–Kier alpha value is -3.64. The van der Waals surface area contributed by atoms with Crippen LogP contribution in [0.25, 0.3) is 0 Å². The summed E-state index contributed by atoms with van der Waals surface area (Å²) in [6, 6.07) is 12.3. The van der Waals surface area contributed by atoms with Crippen molar-refractivity contribution in [1.29, 1.82) is 10.5 Å². The lowest BCUT2D eigenvalue weighted by Crippen LogP contribution is -2.50. The maximum atomic E-state index is 12.3. The number of rotatable bonds is 9. The SMILES string of the molecule is CCc1c(C#N)c(SC(C(N)=O)c2ccccc2)nc(N2CCC(NC(=O)[C@H](N)CO)CC2)c1C#N. The summed E-state index contributed by atoms with van der Waals surface area (Å²) in [7, 11) is 0. The number of nitrogens with one attached hydrogen (secondary N) is 1. The first-order valence-corrected chi connectivity index (χ1v) is 12.5. The molecule has 2 atom stereocenters. The molecule has 2 heterocycles. The highest BCUT2D eigenvalue weighted by Gasteiger charge is 2.29. The van der Waals surface area contributed by atoms with Gasteiger partial charge >= 0.3 is 0 Å². The van der Waals surface area contributed by atoms with Gasteiger partial charge in [-0.3, -0.25) is 9.59 Å². The number of aromatic nitrogens is 1. The van der Waals surface area contributed by atoms with Gasteiger partial charge in [0.15, 0.2) is 0 Å². The summed E-state index contributed by atoms with van der Waals surface area (Å²) in [4.78, 5) is 31.0. The number of hydrogen-bond acceptors (Lipinski definition) is 9. The first kappa shape index (κ1) is 27.0. The number of piperidine rings is 1. The molecule has 1 aliphatic rings. The van der Waals surface area contributed by atoms with Gasteiger partial charge in [-0.05, 0) is 30.4 Å². The van der Waals surface area contributed by atoms with Crippen LogP contribution in [0.2, 0.25) is 0 Å². The molecule has 1 aliphatic heterocycles. The van der Waals surface area contributed by atoms with E-state index in [4.69, 9.17) is 21.6 Å². The van der Waals surface area contributed by atoms with E-state index in [2.05, 4.69) is 17.5 Å². The van der Waals surface area contributed by atoms with Crippen LogP contribution in [0.3, 0.4) is 0 Å². The van der Waals surface area contributed by atoms with Crippen molar-refractivity contribution in [2.75, 3.05) is 24.6 Å². The van der Waals surface area contributed by atoms with Crippen molar-refractivity contribution in [1.82, 2.24) is 10.3 Å². The fourth-order valence-electron chi connectivity index (χ4n) is 4.15. The first-order chi connectivity index (χ1) is 17.3. The normalized spacial score (nSPS) is 15.4. The topological polar surface area (TPSA) is 182 Å². The second-order valence-corrected chi connectivity index (χ2v) is 9.51. The Balaban J connectivity index is 1.94. The van der Waals surface area contributed by atoms with Crippen LogP contribution in [0.4, 0.5) is 5.82 Å². The summed E-state index contributed by atoms with van der Waals surface area (Å²) in [6.45, 7) is 2.46. The number of nitrogens with two attached hydrogens (primary N) is 2. The fraction of sp³-hybridized carbons (Fsp3) is 0.400. The molecular weight excluding hydrogens is 478 g/mol. The second-order valence-electron chi connectivity index (χ2n) is 8.42. The number of carbonyl (C=O) groups is 2. The molecule has 1 aromatic carbocycles. The molecule has 0 aliphatic carbocycles. The largest absolute Gasteiger partial charge is 0.394 e.